The van der Waals surface area contributed by atoms with E-state index in [0.717, 1.165) is 30.1 Å². The van der Waals surface area contributed by atoms with Gasteiger partial charge in [0, 0.05) is 13.1 Å². The fourth-order valence-electron chi connectivity index (χ4n) is 2.50. The maximum atomic E-state index is 12.6. The molecule has 0 saturated carbocycles. The fraction of sp³-hybridized carbons (Fsp3) is 0.462. The quantitative estimate of drug-likeness (QED) is 0.845. The summed E-state index contributed by atoms with van der Waals surface area (Å²) in [4.78, 5) is 15.3. The largest absolute Gasteiger partial charge is 0.338 e. The summed E-state index contributed by atoms with van der Waals surface area (Å²) < 4.78 is 1.65. The number of likely N-dealkylation sites (tertiary alicyclic amines) is 1. The molecule has 5 nitrogen and oxygen atoms in total. The third-order valence-corrected chi connectivity index (χ3v) is 4.34. The Hall–Kier alpha value is -1.69. The molecule has 100 valence electrons. The van der Waals surface area contributed by atoms with E-state index < -0.39 is 0 Å². The van der Waals surface area contributed by atoms with E-state index in [-0.39, 0.29) is 5.91 Å². The van der Waals surface area contributed by atoms with Crippen molar-refractivity contribution in [3.8, 4) is 5.69 Å². The lowest BCUT2D eigenvalue weighted by atomic mass is 10.0. The van der Waals surface area contributed by atoms with Gasteiger partial charge in [0.1, 0.15) is 4.88 Å². The highest BCUT2D eigenvalue weighted by molar-refractivity contribution is 7.12. The van der Waals surface area contributed by atoms with Crippen molar-refractivity contribution in [1.82, 2.24) is 19.9 Å². The van der Waals surface area contributed by atoms with Gasteiger partial charge in [-0.25, -0.2) is 4.68 Å². The molecule has 3 heterocycles. The predicted molar refractivity (Wildman–Crippen MR) is 73.5 cm³/mol. The Morgan fingerprint density at radius 3 is 3.16 bits per heavy atom. The van der Waals surface area contributed by atoms with Gasteiger partial charge in [0.15, 0.2) is 0 Å². The molecule has 0 spiro atoms. The van der Waals surface area contributed by atoms with Crippen LogP contribution in [0.3, 0.4) is 0 Å². The number of aromatic nitrogens is 3. The molecule has 0 bridgehead atoms. The zero-order chi connectivity index (χ0) is 13.2. The number of hydrogen-bond acceptors (Lipinski definition) is 4. The molecule has 6 heteroatoms. The molecule has 1 amide bonds. The third kappa shape index (κ3) is 2.40. The molecule has 2 aromatic rings. The van der Waals surface area contributed by atoms with Crippen LogP contribution in [0.25, 0.3) is 5.69 Å². The molecule has 19 heavy (non-hydrogen) atoms. The van der Waals surface area contributed by atoms with Crippen molar-refractivity contribution in [2.75, 3.05) is 13.1 Å². The lowest BCUT2D eigenvalue weighted by molar-refractivity contribution is 0.0688. The van der Waals surface area contributed by atoms with Crippen molar-refractivity contribution < 1.29 is 4.79 Å². The van der Waals surface area contributed by atoms with Crippen molar-refractivity contribution >= 4 is 17.2 Å². The summed E-state index contributed by atoms with van der Waals surface area (Å²) in [5, 5.41) is 9.69. The van der Waals surface area contributed by atoms with Crippen LogP contribution < -0.4 is 0 Å². The molecule has 1 aliphatic heterocycles. The second-order valence-electron chi connectivity index (χ2n) is 4.98. The summed E-state index contributed by atoms with van der Waals surface area (Å²) >= 11 is 1.47. The van der Waals surface area contributed by atoms with Crippen molar-refractivity contribution in [1.29, 1.82) is 0 Å². The molecule has 1 atom stereocenters. The van der Waals surface area contributed by atoms with Gasteiger partial charge in [-0.1, -0.05) is 12.1 Å². The topological polar surface area (TPSA) is 51.0 Å². The van der Waals surface area contributed by atoms with E-state index in [1.807, 2.05) is 16.3 Å². The number of nitrogens with zero attached hydrogens (tertiary/aromatic N) is 4. The minimum atomic E-state index is 0.118. The fourth-order valence-corrected chi connectivity index (χ4v) is 3.34. The maximum Gasteiger partial charge on any atom is 0.266 e. The van der Waals surface area contributed by atoms with Gasteiger partial charge in [-0.15, -0.1) is 16.4 Å². The number of carbonyl (C=O) groups is 1. The number of thiophene rings is 1. The molecule has 1 aliphatic rings. The van der Waals surface area contributed by atoms with Crippen LogP contribution in [0.4, 0.5) is 0 Å². The van der Waals surface area contributed by atoms with Crippen LogP contribution in [0.15, 0.2) is 23.8 Å². The average molecular weight is 276 g/mol. The number of rotatable bonds is 2. The number of carbonyl (C=O) groups excluding carboxylic acids is 1. The first-order valence-electron chi connectivity index (χ1n) is 6.49. The summed E-state index contributed by atoms with van der Waals surface area (Å²) in [5.41, 5.74) is 0.825. The highest BCUT2D eigenvalue weighted by Gasteiger charge is 2.25. The number of piperidine rings is 1. The molecule has 3 rings (SSSR count). The van der Waals surface area contributed by atoms with Gasteiger partial charge < -0.3 is 4.90 Å². The van der Waals surface area contributed by atoms with E-state index in [9.17, 15) is 4.79 Å². The van der Waals surface area contributed by atoms with Crippen LogP contribution in [0.2, 0.25) is 0 Å². The summed E-state index contributed by atoms with van der Waals surface area (Å²) in [6, 6.07) is 1.92. The first-order valence-corrected chi connectivity index (χ1v) is 7.37. The minimum absolute atomic E-state index is 0.118. The zero-order valence-corrected chi connectivity index (χ0v) is 11.6. The van der Waals surface area contributed by atoms with Crippen molar-refractivity contribution in [3.05, 3.63) is 28.7 Å². The summed E-state index contributed by atoms with van der Waals surface area (Å²) in [7, 11) is 0. The van der Waals surface area contributed by atoms with Gasteiger partial charge in [0.25, 0.3) is 5.91 Å². The predicted octanol–water partition coefficient (Wildman–Crippen LogP) is 2.20. The summed E-state index contributed by atoms with van der Waals surface area (Å²) in [6.45, 7) is 3.91. The Bertz CT molecular complexity index is 563. The van der Waals surface area contributed by atoms with Gasteiger partial charge in [0.05, 0.1) is 18.1 Å². The van der Waals surface area contributed by atoms with E-state index in [1.165, 1.54) is 17.8 Å². The summed E-state index contributed by atoms with van der Waals surface area (Å²) in [5.74, 6) is 0.708. The highest BCUT2D eigenvalue weighted by Crippen LogP contribution is 2.25. The van der Waals surface area contributed by atoms with Gasteiger partial charge in [-0.05, 0) is 30.2 Å². The Balaban J connectivity index is 1.86. The Morgan fingerprint density at radius 1 is 1.53 bits per heavy atom. The van der Waals surface area contributed by atoms with E-state index in [0.29, 0.717) is 5.92 Å². The van der Waals surface area contributed by atoms with Crippen LogP contribution in [0, 0.1) is 5.92 Å². The number of amides is 1. The molecule has 2 aromatic heterocycles. The minimum Gasteiger partial charge on any atom is -0.338 e. The standard InChI is InChI=1S/C13H16N4OS/c1-10-3-2-6-16(9-10)13(18)12-11(4-8-19-12)17-7-5-14-15-17/h4-5,7-8,10H,2-3,6,9H2,1H3. The van der Waals surface area contributed by atoms with Crippen molar-refractivity contribution in [2.45, 2.75) is 19.8 Å². The second-order valence-corrected chi connectivity index (χ2v) is 5.90. The van der Waals surface area contributed by atoms with Gasteiger partial charge >= 0.3 is 0 Å². The Labute approximate surface area is 115 Å². The molecule has 0 N–H and O–H groups in total. The average Bonchev–Trinajstić information content (AvgIpc) is 3.08. The third-order valence-electron chi connectivity index (χ3n) is 3.45. The SMILES string of the molecule is CC1CCCN(C(=O)c2sccc2-n2ccnn2)C1. The van der Waals surface area contributed by atoms with Crippen LogP contribution in [-0.4, -0.2) is 38.9 Å². The highest BCUT2D eigenvalue weighted by atomic mass is 32.1. The Kier molecular flexibility index (Phi) is 3.33. The number of hydrogen-bond donors (Lipinski definition) is 0. The first kappa shape index (κ1) is 12.3. The van der Waals surface area contributed by atoms with E-state index in [2.05, 4.69) is 17.2 Å². The molecule has 1 saturated heterocycles. The zero-order valence-electron chi connectivity index (χ0n) is 10.8. The van der Waals surface area contributed by atoms with E-state index in [4.69, 9.17) is 0 Å². The van der Waals surface area contributed by atoms with Gasteiger partial charge in [-0.2, -0.15) is 0 Å². The van der Waals surface area contributed by atoms with Gasteiger partial charge in [0.2, 0.25) is 0 Å². The van der Waals surface area contributed by atoms with Crippen molar-refractivity contribution in [2.24, 2.45) is 5.92 Å². The van der Waals surface area contributed by atoms with Crippen LogP contribution in [0.1, 0.15) is 29.4 Å². The first-order chi connectivity index (χ1) is 9.25. The molecule has 1 unspecified atom stereocenters. The molecule has 0 aromatic carbocycles. The molecular formula is C13H16N4OS. The van der Waals surface area contributed by atoms with Crippen LogP contribution >= 0.6 is 11.3 Å². The molecule has 0 aliphatic carbocycles. The molecule has 0 radical (unpaired) electrons. The molecular weight excluding hydrogens is 260 g/mol. The Morgan fingerprint density at radius 2 is 2.42 bits per heavy atom. The van der Waals surface area contributed by atoms with Crippen LogP contribution in [-0.2, 0) is 0 Å². The van der Waals surface area contributed by atoms with E-state index in [1.54, 1.807) is 17.1 Å². The maximum absolute atomic E-state index is 12.6. The summed E-state index contributed by atoms with van der Waals surface area (Å²) in [6.07, 6.45) is 5.69. The van der Waals surface area contributed by atoms with E-state index >= 15 is 0 Å². The lowest BCUT2D eigenvalue weighted by Crippen LogP contribution is -2.39. The lowest BCUT2D eigenvalue weighted by Gasteiger charge is -2.30. The molecule has 1 fully saturated rings. The monoisotopic (exact) mass is 276 g/mol. The second kappa shape index (κ2) is 5.13. The van der Waals surface area contributed by atoms with Crippen LogP contribution in [0.5, 0.6) is 0 Å². The normalized spacial score (nSPS) is 19.6. The van der Waals surface area contributed by atoms with Crippen molar-refractivity contribution in [3.63, 3.8) is 0 Å². The van der Waals surface area contributed by atoms with Gasteiger partial charge in [-0.3, -0.25) is 4.79 Å². The smallest absolute Gasteiger partial charge is 0.266 e.